The van der Waals surface area contributed by atoms with Gasteiger partial charge in [0.05, 0.1) is 0 Å². The maximum absolute atomic E-state index is 13.2. The molecule has 0 spiro atoms. The number of rotatable bonds is 5. The second kappa shape index (κ2) is 8.14. The molecule has 8 nitrogen and oxygen atoms in total. The molecule has 3 rings (SSSR count). The number of aliphatic carboxylic acids is 1. The van der Waals surface area contributed by atoms with Crippen molar-refractivity contribution in [3.63, 3.8) is 0 Å². The lowest BCUT2D eigenvalue weighted by Crippen LogP contribution is -2.53. The van der Waals surface area contributed by atoms with E-state index in [-0.39, 0.29) is 6.42 Å². The minimum atomic E-state index is -1.03. The predicted molar refractivity (Wildman–Crippen MR) is 108 cm³/mol. The van der Waals surface area contributed by atoms with Gasteiger partial charge in [0.25, 0.3) is 0 Å². The highest BCUT2D eigenvalue weighted by molar-refractivity contribution is 5.91. The van der Waals surface area contributed by atoms with E-state index in [0.29, 0.717) is 19.4 Å². The monoisotopic (exact) mass is 401 g/mol. The SMILES string of the molecule is CC(C)(C)OC(=O)NC(Cc1c[nH]c2ccccc12)C(=O)N1CCCC1C(=O)O. The topological polar surface area (TPSA) is 112 Å². The Morgan fingerprint density at radius 2 is 2.03 bits per heavy atom. The standard InChI is InChI=1S/C21H27N3O5/c1-21(2,3)29-20(28)23-16(18(25)24-10-6-9-17(24)19(26)27)11-13-12-22-15-8-5-4-7-14(13)15/h4-5,7-8,12,16-17,22H,6,9-11H2,1-3H3,(H,23,28)(H,26,27). The molecule has 2 atom stereocenters. The smallest absolute Gasteiger partial charge is 0.408 e. The van der Waals surface area contributed by atoms with Crippen LogP contribution in [0.1, 0.15) is 39.2 Å². The summed E-state index contributed by atoms with van der Waals surface area (Å²) in [5.74, 6) is -1.44. The third-order valence-corrected chi connectivity index (χ3v) is 4.91. The molecule has 2 unspecified atom stereocenters. The number of aromatic amines is 1. The molecule has 0 aliphatic carbocycles. The van der Waals surface area contributed by atoms with Crippen LogP contribution in [0.3, 0.4) is 0 Å². The van der Waals surface area contributed by atoms with Gasteiger partial charge < -0.3 is 25.0 Å². The van der Waals surface area contributed by atoms with Crippen molar-refractivity contribution in [1.29, 1.82) is 0 Å². The van der Waals surface area contributed by atoms with Crippen LogP contribution < -0.4 is 5.32 Å². The van der Waals surface area contributed by atoms with Gasteiger partial charge in [-0.3, -0.25) is 4.79 Å². The number of para-hydroxylation sites is 1. The van der Waals surface area contributed by atoms with Crippen molar-refractivity contribution >= 4 is 28.9 Å². The maximum Gasteiger partial charge on any atom is 0.408 e. The van der Waals surface area contributed by atoms with Gasteiger partial charge in [0.2, 0.25) is 5.91 Å². The number of nitrogens with one attached hydrogen (secondary N) is 2. The van der Waals surface area contributed by atoms with E-state index in [1.165, 1.54) is 4.90 Å². The number of hydrogen-bond donors (Lipinski definition) is 3. The van der Waals surface area contributed by atoms with Gasteiger partial charge in [0.1, 0.15) is 17.7 Å². The Balaban J connectivity index is 1.85. The van der Waals surface area contributed by atoms with E-state index >= 15 is 0 Å². The fourth-order valence-electron chi connectivity index (χ4n) is 3.66. The molecule has 1 aliphatic heterocycles. The van der Waals surface area contributed by atoms with Crippen molar-refractivity contribution in [3.05, 3.63) is 36.0 Å². The third-order valence-electron chi connectivity index (χ3n) is 4.91. The molecule has 2 aromatic rings. The second-order valence-corrected chi connectivity index (χ2v) is 8.29. The lowest BCUT2D eigenvalue weighted by atomic mass is 10.0. The molecule has 0 radical (unpaired) electrons. The Kier molecular flexibility index (Phi) is 5.81. The van der Waals surface area contributed by atoms with Crippen molar-refractivity contribution in [1.82, 2.24) is 15.2 Å². The molecule has 1 fully saturated rings. The minimum Gasteiger partial charge on any atom is -0.480 e. The van der Waals surface area contributed by atoms with Crippen molar-refractivity contribution in [3.8, 4) is 0 Å². The predicted octanol–water partition coefficient (Wildman–Crippen LogP) is 2.68. The van der Waals surface area contributed by atoms with Crippen LogP contribution in [-0.2, 0) is 20.7 Å². The minimum absolute atomic E-state index is 0.227. The van der Waals surface area contributed by atoms with Crippen LogP contribution in [0, 0.1) is 0 Å². The zero-order chi connectivity index (χ0) is 21.2. The Bertz CT molecular complexity index is 914. The molecule has 156 valence electrons. The van der Waals surface area contributed by atoms with E-state index in [4.69, 9.17) is 4.74 Å². The highest BCUT2D eigenvalue weighted by Gasteiger charge is 2.38. The summed E-state index contributed by atoms with van der Waals surface area (Å²) in [6.45, 7) is 5.58. The average Bonchev–Trinajstić information content (AvgIpc) is 3.26. The van der Waals surface area contributed by atoms with Gasteiger partial charge in [-0.2, -0.15) is 0 Å². The van der Waals surface area contributed by atoms with E-state index in [9.17, 15) is 19.5 Å². The lowest BCUT2D eigenvalue weighted by Gasteiger charge is -2.28. The number of nitrogens with zero attached hydrogens (tertiary/aromatic N) is 1. The fraction of sp³-hybridized carbons (Fsp3) is 0.476. The molecule has 2 heterocycles. The highest BCUT2D eigenvalue weighted by atomic mass is 16.6. The molecule has 1 aromatic heterocycles. The first-order valence-electron chi connectivity index (χ1n) is 9.73. The summed E-state index contributed by atoms with van der Waals surface area (Å²) in [6.07, 6.45) is 2.36. The Morgan fingerprint density at radius 1 is 1.31 bits per heavy atom. The zero-order valence-electron chi connectivity index (χ0n) is 16.9. The fourth-order valence-corrected chi connectivity index (χ4v) is 3.66. The Morgan fingerprint density at radius 3 is 2.72 bits per heavy atom. The molecular weight excluding hydrogens is 374 g/mol. The Hall–Kier alpha value is -3.03. The number of amides is 2. The van der Waals surface area contributed by atoms with Gasteiger partial charge in [0, 0.05) is 30.1 Å². The largest absolute Gasteiger partial charge is 0.480 e. The van der Waals surface area contributed by atoms with Gasteiger partial charge in [0.15, 0.2) is 0 Å². The number of ether oxygens (including phenoxy) is 1. The number of carbonyl (C=O) groups is 3. The molecule has 3 N–H and O–H groups in total. The van der Waals surface area contributed by atoms with Gasteiger partial charge >= 0.3 is 12.1 Å². The van der Waals surface area contributed by atoms with Crippen LogP contribution in [0.5, 0.6) is 0 Å². The normalized spacial score (nSPS) is 17.9. The number of benzene rings is 1. The highest BCUT2D eigenvalue weighted by Crippen LogP contribution is 2.23. The summed E-state index contributed by atoms with van der Waals surface area (Å²) in [5.41, 5.74) is 1.08. The van der Waals surface area contributed by atoms with Crippen molar-refractivity contribution in [2.45, 2.75) is 57.7 Å². The maximum atomic E-state index is 13.2. The second-order valence-electron chi connectivity index (χ2n) is 8.29. The van der Waals surface area contributed by atoms with Gasteiger partial charge in [-0.25, -0.2) is 9.59 Å². The summed E-state index contributed by atoms with van der Waals surface area (Å²) < 4.78 is 5.32. The van der Waals surface area contributed by atoms with Crippen LogP contribution in [-0.4, -0.2) is 57.2 Å². The quantitative estimate of drug-likeness (QED) is 0.713. The van der Waals surface area contributed by atoms with E-state index in [0.717, 1.165) is 16.5 Å². The number of aromatic nitrogens is 1. The van der Waals surface area contributed by atoms with Crippen LogP contribution in [0.2, 0.25) is 0 Å². The average molecular weight is 401 g/mol. The molecule has 29 heavy (non-hydrogen) atoms. The number of hydrogen-bond acceptors (Lipinski definition) is 4. The number of likely N-dealkylation sites (tertiary alicyclic amines) is 1. The molecule has 1 aromatic carbocycles. The summed E-state index contributed by atoms with van der Waals surface area (Å²) in [7, 11) is 0. The molecule has 0 saturated carbocycles. The number of alkyl carbamates (subject to hydrolysis) is 1. The molecule has 1 aliphatic rings. The zero-order valence-corrected chi connectivity index (χ0v) is 16.9. The molecule has 8 heteroatoms. The number of carboxylic acid groups (broad SMARTS) is 1. The van der Waals surface area contributed by atoms with E-state index in [1.807, 2.05) is 24.3 Å². The van der Waals surface area contributed by atoms with Crippen LogP contribution >= 0.6 is 0 Å². The summed E-state index contributed by atoms with van der Waals surface area (Å²) in [6, 6.07) is 5.88. The van der Waals surface area contributed by atoms with E-state index < -0.39 is 35.7 Å². The van der Waals surface area contributed by atoms with Crippen molar-refractivity contribution < 1.29 is 24.2 Å². The number of fused-ring (bicyclic) bond motifs is 1. The summed E-state index contributed by atoms with van der Waals surface area (Å²) >= 11 is 0. The summed E-state index contributed by atoms with van der Waals surface area (Å²) in [4.78, 5) is 41.6. The number of carbonyl (C=O) groups excluding carboxylic acids is 2. The van der Waals surface area contributed by atoms with Crippen LogP contribution in [0.15, 0.2) is 30.5 Å². The molecule has 2 amide bonds. The van der Waals surface area contributed by atoms with Crippen molar-refractivity contribution in [2.24, 2.45) is 0 Å². The lowest BCUT2D eigenvalue weighted by molar-refractivity contribution is -0.149. The molecule has 1 saturated heterocycles. The van der Waals surface area contributed by atoms with Crippen LogP contribution in [0.25, 0.3) is 10.9 Å². The third kappa shape index (κ3) is 4.88. The molecular formula is C21H27N3O5. The van der Waals surface area contributed by atoms with Crippen molar-refractivity contribution in [2.75, 3.05) is 6.54 Å². The first-order valence-corrected chi connectivity index (χ1v) is 9.73. The first-order chi connectivity index (χ1) is 13.7. The van der Waals surface area contributed by atoms with E-state index in [2.05, 4.69) is 10.3 Å². The molecule has 0 bridgehead atoms. The summed E-state index contributed by atoms with van der Waals surface area (Å²) in [5, 5.41) is 13.0. The number of H-pyrrole nitrogens is 1. The van der Waals surface area contributed by atoms with Gasteiger partial charge in [-0.15, -0.1) is 0 Å². The van der Waals surface area contributed by atoms with E-state index in [1.54, 1.807) is 27.0 Å². The number of carboxylic acids is 1. The Labute approximate surface area is 169 Å². The van der Waals surface area contributed by atoms with Crippen LogP contribution in [0.4, 0.5) is 4.79 Å². The van der Waals surface area contributed by atoms with Gasteiger partial charge in [-0.05, 0) is 45.2 Å². The van der Waals surface area contributed by atoms with Gasteiger partial charge in [-0.1, -0.05) is 18.2 Å². The first kappa shape index (κ1) is 20.7.